The molecule has 27 heavy (non-hydrogen) atoms. The summed E-state index contributed by atoms with van der Waals surface area (Å²) in [5.74, 6) is -0.0649. The highest BCUT2D eigenvalue weighted by Gasteiger charge is 2.49. The summed E-state index contributed by atoms with van der Waals surface area (Å²) >= 11 is 0. The maximum atomic E-state index is 12.3. The lowest BCUT2D eigenvalue weighted by atomic mass is 9.72. The Kier molecular flexibility index (Phi) is 6.70. The van der Waals surface area contributed by atoms with Crippen molar-refractivity contribution in [3.8, 4) is 5.75 Å². The largest absolute Gasteiger partial charge is 0.497 e. The minimum atomic E-state index is -1.24. The second-order valence-corrected chi connectivity index (χ2v) is 7.55. The van der Waals surface area contributed by atoms with E-state index in [2.05, 4.69) is 4.90 Å². The highest BCUT2D eigenvalue weighted by atomic mass is 16.5. The molecule has 0 saturated carbocycles. The summed E-state index contributed by atoms with van der Waals surface area (Å²) in [5, 5.41) is 20.7. The number of benzene rings is 1. The molecule has 0 aliphatic carbocycles. The van der Waals surface area contributed by atoms with Crippen LogP contribution in [0.4, 0.5) is 0 Å². The fraction of sp³-hybridized carbons (Fsp3) is 0.650. The van der Waals surface area contributed by atoms with Crippen molar-refractivity contribution in [2.75, 3.05) is 53.2 Å². The molecule has 0 radical (unpaired) electrons. The van der Waals surface area contributed by atoms with E-state index in [4.69, 9.17) is 14.2 Å². The van der Waals surface area contributed by atoms with Gasteiger partial charge in [-0.05, 0) is 30.5 Å². The molecule has 2 fully saturated rings. The summed E-state index contributed by atoms with van der Waals surface area (Å²) in [7, 11) is 1.58. The second kappa shape index (κ2) is 9.01. The number of rotatable bonds is 6. The van der Waals surface area contributed by atoms with E-state index in [-0.39, 0.29) is 12.3 Å². The lowest BCUT2D eigenvalue weighted by Gasteiger charge is -2.44. The van der Waals surface area contributed by atoms with Crippen LogP contribution in [0.25, 0.3) is 0 Å². The fourth-order valence-corrected chi connectivity index (χ4v) is 4.06. The topological polar surface area (TPSA) is 88.5 Å². The van der Waals surface area contributed by atoms with Gasteiger partial charge < -0.3 is 29.3 Å². The third-order valence-corrected chi connectivity index (χ3v) is 5.54. The number of carboxylic acids is 1. The summed E-state index contributed by atoms with van der Waals surface area (Å²) < 4.78 is 16.4. The van der Waals surface area contributed by atoms with Gasteiger partial charge in [-0.1, -0.05) is 12.1 Å². The van der Waals surface area contributed by atoms with Crippen molar-refractivity contribution in [2.45, 2.75) is 18.9 Å². The number of hydrogen-bond acceptors (Lipinski definition) is 6. The molecule has 7 nitrogen and oxygen atoms in total. The maximum absolute atomic E-state index is 12.3. The van der Waals surface area contributed by atoms with Gasteiger partial charge >= 0.3 is 5.97 Å². The predicted octanol–water partition coefficient (Wildman–Crippen LogP) is 1.04. The van der Waals surface area contributed by atoms with Crippen LogP contribution in [0.5, 0.6) is 5.75 Å². The minimum absolute atomic E-state index is 0.214. The van der Waals surface area contributed by atoms with Gasteiger partial charge in [0.15, 0.2) is 0 Å². The van der Waals surface area contributed by atoms with Crippen molar-refractivity contribution in [1.29, 1.82) is 0 Å². The quantitative estimate of drug-likeness (QED) is 0.763. The van der Waals surface area contributed by atoms with Gasteiger partial charge in [0.25, 0.3) is 0 Å². The third-order valence-electron chi connectivity index (χ3n) is 5.54. The molecule has 0 spiro atoms. The Morgan fingerprint density at radius 2 is 2.07 bits per heavy atom. The molecule has 1 aromatic rings. The van der Waals surface area contributed by atoms with Crippen LogP contribution < -0.4 is 4.74 Å². The number of nitrogens with zero attached hydrogens (tertiary/aromatic N) is 1. The monoisotopic (exact) mass is 379 g/mol. The SMILES string of the molecule is COc1cccc(C[C@@]2(C(=O)O)CN(CC3COCCOC3)CC[C@@H]2O)c1. The van der Waals surface area contributed by atoms with Gasteiger partial charge in [-0.25, -0.2) is 0 Å². The number of aliphatic hydroxyl groups excluding tert-OH is 1. The average molecular weight is 379 g/mol. The molecule has 7 heteroatoms. The second-order valence-electron chi connectivity index (χ2n) is 7.55. The summed E-state index contributed by atoms with van der Waals surface area (Å²) in [6, 6.07) is 7.39. The standard InChI is InChI=1S/C20H29NO6/c1-25-17-4-2-3-15(9-17)10-20(19(23)24)14-21(6-5-18(20)22)11-16-12-26-7-8-27-13-16/h2-4,9,16,18,22H,5-8,10-14H2,1H3,(H,23,24)/t18-,20+/m0/s1. The zero-order valence-corrected chi connectivity index (χ0v) is 15.8. The number of likely N-dealkylation sites (tertiary alicyclic amines) is 1. The number of carboxylic acid groups (broad SMARTS) is 1. The van der Waals surface area contributed by atoms with Crippen molar-refractivity contribution in [2.24, 2.45) is 11.3 Å². The first kappa shape index (κ1) is 20.1. The first-order valence-electron chi connectivity index (χ1n) is 9.46. The predicted molar refractivity (Wildman–Crippen MR) is 99.0 cm³/mol. The molecule has 1 aromatic carbocycles. The Bertz CT molecular complexity index is 631. The van der Waals surface area contributed by atoms with E-state index in [1.54, 1.807) is 7.11 Å². The fourth-order valence-electron chi connectivity index (χ4n) is 4.06. The molecule has 0 aromatic heterocycles. The van der Waals surface area contributed by atoms with Crippen LogP contribution in [0.15, 0.2) is 24.3 Å². The van der Waals surface area contributed by atoms with Gasteiger partial charge in [0.2, 0.25) is 0 Å². The summed E-state index contributed by atoms with van der Waals surface area (Å²) in [6.45, 7) is 4.13. The van der Waals surface area contributed by atoms with Crippen molar-refractivity contribution >= 4 is 5.97 Å². The third kappa shape index (κ3) is 4.79. The average Bonchev–Trinajstić information content (AvgIpc) is 2.93. The van der Waals surface area contributed by atoms with E-state index in [0.29, 0.717) is 58.2 Å². The molecule has 150 valence electrons. The highest BCUT2D eigenvalue weighted by Crippen LogP contribution is 2.35. The lowest BCUT2D eigenvalue weighted by molar-refractivity contribution is -0.163. The smallest absolute Gasteiger partial charge is 0.313 e. The van der Waals surface area contributed by atoms with E-state index in [1.165, 1.54) is 0 Å². The van der Waals surface area contributed by atoms with Gasteiger partial charge in [-0.15, -0.1) is 0 Å². The van der Waals surface area contributed by atoms with Crippen LogP contribution in [-0.2, 0) is 20.7 Å². The van der Waals surface area contributed by atoms with E-state index in [0.717, 1.165) is 5.56 Å². The van der Waals surface area contributed by atoms with Crippen molar-refractivity contribution in [3.63, 3.8) is 0 Å². The van der Waals surface area contributed by atoms with Crippen LogP contribution in [0.1, 0.15) is 12.0 Å². The minimum Gasteiger partial charge on any atom is -0.497 e. The Labute approximate surface area is 159 Å². The summed E-state index contributed by atoms with van der Waals surface area (Å²) in [6.07, 6.45) is -0.196. The number of aliphatic carboxylic acids is 1. The van der Waals surface area contributed by atoms with Crippen LogP contribution in [-0.4, -0.2) is 80.4 Å². The molecule has 2 atom stereocenters. The van der Waals surface area contributed by atoms with Crippen molar-refractivity contribution < 1.29 is 29.2 Å². The first-order valence-corrected chi connectivity index (χ1v) is 9.46. The molecule has 2 N–H and O–H groups in total. The normalized spacial score (nSPS) is 27.9. The number of carbonyl (C=O) groups is 1. The Morgan fingerprint density at radius 3 is 2.74 bits per heavy atom. The van der Waals surface area contributed by atoms with E-state index in [9.17, 15) is 15.0 Å². The molecule has 2 aliphatic rings. The number of aliphatic hydroxyl groups is 1. The molecule has 2 aliphatic heterocycles. The molecule has 2 heterocycles. The van der Waals surface area contributed by atoms with Crippen molar-refractivity contribution in [3.05, 3.63) is 29.8 Å². The lowest BCUT2D eigenvalue weighted by Crippen LogP contribution is -2.58. The zero-order valence-electron chi connectivity index (χ0n) is 15.8. The Hall–Kier alpha value is -1.67. The van der Waals surface area contributed by atoms with Gasteiger partial charge in [-0.3, -0.25) is 4.79 Å². The molecular weight excluding hydrogens is 350 g/mol. The van der Waals surface area contributed by atoms with Gasteiger partial charge in [0.1, 0.15) is 11.2 Å². The Balaban J connectivity index is 1.75. The van der Waals surface area contributed by atoms with Crippen LogP contribution in [0.3, 0.4) is 0 Å². The first-order chi connectivity index (χ1) is 13.0. The number of ether oxygens (including phenoxy) is 3. The van der Waals surface area contributed by atoms with Crippen LogP contribution in [0, 0.1) is 11.3 Å². The molecule has 3 rings (SSSR count). The number of methoxy groups -OCH3 is 1. The molecule has 0 bridgehead atoms. The summed E-state index contributed by atoms with van der Waals surface area (Å²) in [4.78, 5) is 14.4. The molecule has 0 unspecified atom stereocenters. The number of hydrogen-bond donors (Lipinski definition) is 2. The van der Waals surface area contributed by atoms with E-state index >= 15 is 0 Å². The Morgan fingerprint density at radius 1 is 1.33 bits per heavy atom. The van der Waals surface area contributed by atoms with Gasteiger partial charge in [-0.2, -0.15) is 0 Å². The number of piperidine rings is 1. The zero-order chi connectivity index (χ0) is 19.3. The van der Waals surface area contributed by atoms with Crippen LogP contribution >= 0.6 is 0 Å². The van der Waals surface area contributed by atoms with Gasteiger partial charge in [0.05, 0.1) is 39.6 Å². The molecule has 2 saturated heterocycles. The highest BCUT2D eigenvalue weighted by molar-refractivity contribution is 5.76. The summed E-state index contributed by atoms with van der Waals surface area (Å²) in [5.41, 5.74) is -0.393. The molecule has 0 amide bonds. The van der Waals surface area contributed by atoms with E-state index in [1.807, 2.05) is 24.3 Å². The van der Waals surface area contributed by atoms with Crippen LogP contribution in [0.2, 0.25) is 0 Å². The van der Waals surface area contributed by atoms with Gasteiger partial charge in [0, 0.05) is 25.6 Å². The van der Waals surface area contributed by atoms with E-state index < -0.39 is 17.5 Å². The van der Waals surface area contributed by atoms with Crippen molar-refractivity contribution in [1.82, 2.24) is 4.90 Å². The molecular formula is C20H29NO6. The maximum Gasteiger partial charge on any atom is 0.313 e.